The van der Waals surface area contributed by atoms with Gasteiger partial charge in [0.2, 0.25) is 0 Å². The molecule has 0 amide bonds. The van der Waals surface area contributed by atoms with Gasteiger partial charge in [0, 0.05) is 23.4 Å². The quantitative estimate of drug-likeness (QED) is 0.698. The molecule has 3 aromatic rings. The molecule has 0 bridgehead atoms. The van der Waals surface area contributed by atoms with E-state index >= 15 is 0 Å². The Balaban J connectivity index is 1.56. The maximum atomic E-state index is 11.6. The van der Waals surface area contributed by atoms with Crippen molar-refractivity contribution in [2.75, 3.05) is 12.9 Å². The number of fused-ring (bicyclic) bond motifs is 1. The molecule has 1 aromatic carbocycles. The number of aliphatic hydroxyl groups is 1. The van der Waals surface area contributed by atoms with E-state index in [-0.39, 0.29) is 17.6 Å². The van der Waals surface area contributed by atoms with Crippen molar-refractivity contribution in [1.29, 1.82) is 0 Å². The molecule has 0 radical (unpaired) electrons. The van der Waals surface area contributed by atoms with Crippen LogP contribution in [-0.4, -0.2) is 47.3 Å². The van der Waals surface area contributed by atoms with E-state index < -0.39 is 15.9 Å². The van der Waals surface area contributed by atoms with Gasteiger partial charge in [-0.2, -0.15) is 5.10 Å². The van der Waals surface area contributed by atoms with Crippen molar-refractivity contribution in [3.63, 3.8) is 0 Å². The van der Waals surface area contributed by atoms with Crippen LogP contribution in [0, 0.1) is 0 Å². The predicted octanol–water partition coefficient (Wildman–Crippen LogP) is 2.43. The van der Waals surface area contributed by atoms with Crippen molar-refractivity contribution in [2.24, 2.45) is 0 Å². The number of pyridine rings is 1. The van der Waals surface area contributed by atoms with Gasteiger partial charge in [-0.05, 0) is 49.6 Å². The Morgan fingerprint density at radius 1 is 1.26 bits per heavy atom. The largest absolute Gasteiger partial charge is 0.386 e. The lowest BCUT2D eigenvalue weighted by atomic mass is 9.96. The summed E-state index contributed by atoms with van der Waals surface area (Å²) in [6.07, 6.45) is 7.35. The normalized spacial score (nSPS) is 16.4. The third kappa shape index (κ3) is 3.73. The van der Waals surface area contributed by atoms with Crippen molar-refractivity contribution in [3.05, 3.63) is 48.3 Å². The van der Waals surface area contributed by atoms with Crippen LogP contribution in [0.2, 0.25) is 0 Å². The third-order valence-electron chi connectivity index (χ3n) is 4.87. The highest BCUT2D eigenvalue weighted by molar-refractivity contribution is 7.90. The SMILES string of the molecule is CS(=O)(=O)c1ccc(-n2ncc3cc([C@@H](O)COC4CCC4)cnc32)cc1. The van der Waals surface area contributed by atoms with E-state index in [1.165, 1.54) is 12.7 Å². The molecule has 0 spiro atoms. The first-order valence-corrected chi connectivity index (χ1v) is 10.7. The molecule has 1 saturated carbocycles. The number of sulfone groups is 1. The molecule has 8 heteroatoms. The van der Waals surface area contributed by atoms with Crippen LogP contribution < -0.4 is 0 Å². The molecule has 0 aliphatic heterocycles. The fraction of sp³-hybridized carbons (Fsp3) is 0.368. The zero-order valence-electron chi connectivity index (χ0n) is 14.9. The van der Waals surface area contributed by atoms with Gasteiger partial charge in [0.1, 0.15) is 6.10 Å². The highest BCUT2D eigenvalue weighted by Gasteiger charge is 2.20. The molecular formula is C19H21N3O4S. The summed E-state index contributed by atoms with van der Waals surface area (Å²) in [5, 5.41) is 15.5. The van der Waals surface area contributed by atoms with Crippen LogP contribution in [-0.2, 0) is 14.6 Å². The van der Waals surface area contributed by atoms with Gasteiger partial charge in [0.15, 0.2) is 15.5 Å². The number of aliphatic hydroxyl groups excluding tert-OH is 1. The highest BCUT2D eigenvalue weighted by atomic mass is 32.2. The van der Waals surface area contributed by atoms with Gasteiger partial charge in [-0.25, -0.2) is 18.1 Å². The lowest BCUT2D eigenvalue weighted by molar-refractivity contribution is -0.0427. The monoisotopic (exact) mass is 387 g/mol. The second-order valence-corrected chi connectivity index (χ2v) is 8.92. The first kappa shape index (κ1) is 18.1. The van der Waals surface area contributed by atoms with Crippen molar-refractivity contribution in [2.45, 2.75) is 36.4 Å². The minimum atomic E-state index is -3.24. The summed E-state index contributed by atoms with van der Waals surface area (Å²) in [6, 6.07) is 8.34. The summed E-state index contributed by atoms with van der Waals surface area (Å²) in [6.45, 7) is 0.263. The van der Waals surface area contributed by atoms with Crippen molar-refractivity contribution >= 4 is 20.9 Å². The second-order valence-electron chi connectivity index (χ2n) is 6.91. The van der Waals surface area contributed by atoms with Crippen LogP contribution in [0.25, 0.3) is 16.7 Å². The van der Waals surface area contributed by atoms with Gasteiger partial charge in [-0.1, -0.05) is 0 Å². The summed E-state index contributed by atoms with van der Waals surface area (Å²) in [5.74, 6) is 0. The average molecular weight is 387 g/mol. The lowest BCUT2D eigenvalue weighted by Crippen LogP contribution is -2.24. The van der Waals surface area contributed by atoms with E-state index in [1.807, 2.05) is 6.07 Å². The molecule has 142 valence electrons. The predicted molar refractivity (Wildman–Crippen MR) is 101 cm³/mol. The topological polar surface area (TPSA) is 94.3 Å². The summed E-state index contributed by atoms with van der Waals surface area (Å²) < 4.78 is 30.5. The average Bonchev–Trinajstić information content (AvgIpc) is 3.02. The minimum absolute atomic E-state index is 0.257. The van der Waals surface area contributed by atoms with Gasteiger partial charge in [-0.3, -0.25) is 0 Å². The van der Waals surface area contributed by atoms with Gasteiger partial charge >= 0.3 is 0 Å². The summed E-state index contributed by atoms with van der Waals surface area (Å²) >= 11 is 0. The summed E-state index contributed by atoms with van der Waals surface area (Å²) in [4.78, 5) is 4.69. The summed E-state index contributed by atoms with van der Waals surface area (Å²) in [5.41, 5.74) is 2.04. The Bertz CT molecular complexity index is 1060. The fourth-order valence-electron chi connectivity index (χ4n) is 3.00. The molecule has 1 aliphatic rings. The van der Waals surface area contributed by atoms with E-state index in [4.69, 9.17) is 4.74 Å². The molecule has 1 aliphatic carbocycles. The Kier molecular flexibility index (Phi) is 4.71. The van der Waals surface area contributed by atoms with Crippen molar-refractivity contribution < 1.29 is 18.3 Å². The molecule has 0 saturated heterocycles. The molecule has 7 nitrogen and oxygen atoms in total. The molecule has 2 aromatic heterocycles. The van der Waals surface area contributed by atoms with Gasteiger partial charge < -0.3 is 9.84 Å². The molecular weight excluding hydrogens is 366 g/mol. The first-order chi connectivity index (χ1) is 12.9. The van der Waals surface area contributed by atoms with E-state index in [0.717, 1.165) is 18.2 Å². The van der Waals surface area contributed by atoms with Crippen molar-refractivity contribution in [1.82, 2.24) is 14.8 Å². The Morgan fingerprint density at radius 2 is 2.00 bits per heavy atom. The summed E-state index contributed by atoms with van der Waals surface area (Å²) in [7, 11) is -3.24. The van der Waals surface area contributed by atoms with Crippen LogP contribution in [0.3, 0.4) is 0 Å². The maximum Gasteiger partial charge on any atom is 0.175 e. The van der Waals surface area contributed by atoms with Gasteiger partial charge in [-0.15, -0.1) is 0 Å². The lowest BCUT2D eigenvalue weighted by Gasteiger charge is -2.26. The van der Waals surface area contributed by atoms with Gasteiger partial charge in [0.25, 0.3) is 0 Å². The Labute approximate surface area is 157 Å². The third-order valence-corrected chi connectivity index (χ3v) is 5.99. The van der Waals surface area contributed by atoms with Crippen molar-refractivity contribution in [3.8, 4) is 5.69 Å². The zero-order chi connectivity index (χ0) is 19.0. The number of aromatic nitrogens is 3. The highest BCUT2D eigenvalue weighted by Crippen LogP contribution is 2.25. The van der Waals surface area contributed by atoms with E-state index in [9.17, 15) is 13.5 Å². The van der Waals surface area contributed by atoms with Crippen LogP contribution in [0.5, 0.6) is 0 Å². The molecule has 1 fully saturated rings. The standard InChI is InChI=1S/C19H21N3O4S/c1-27(24,25)17-7-5-15(6-8-17)22-19-14(11-21-22)9-13(10-20-19)18(23)12-26-16-3-2-4-16/h5-11,16,18,23H,2-4,12H2,1H3/t18-/m0/s1. The number of hydrogen-bond donors (Lipinski definition) is 1. The van der Waals surface area contributed by atoms with E-state index in [0.29, 0.717) is 16.9 Å². The van der Waals surface area contributed by atoms with Crippen LogP contribution in [0.1, 0.15) is 30.9 Å². The number of nitrogens with zero attached hydrogens (tertiary/aromatic N) is 3. The number of rotatable bonds is 6. The number of benzene rings is 1. The molecule has 1 N–H and O–H groups in total. The minimum Gasteiger partial charge on any atom is -0.386 e. The Morgan fingerprint density at radius 3 is 2.63 bits per heavy atom. The molecule has 4 rings (SSSR count). The Hall–Kier alpha value is -2.29. The molecule has 1 atom stereocenters. The van der Waals surface area contributed by atoms with E-state index in [1.54, 1.807) is 41.3 Å². The molecule has 27 heavy (non-hydrogen) atoms. The van der Waals surface area contributed by atoms with E-state index in [2.05, 4.69) is 10.1 Å². The molecule has 2 heterocycles. The maximum absolute atomic E-state index is 11.6. The first-order valence-electron chi connectivity index (χ1n) is 8.85. The number of hydrogen-bond acceptors (Lipinski definition) is 6. The number of ether oxygens (including phenoxy) is 1. The van der Waals surface area contributed by atoms with Gasteiger partial charge in [0.05, 0.1) is 29.5 Å². The van der Waals surface area contributed by atoms with Crippen LogP contribution in [0.15, 0.2) is 47.6 Å². The molecule has 0 unspecified atom stereocenters. The fourth-order valence-corrected chi connectivity index (χ4v) is 3.64. The van der Waals surface area contributed by atoms with Crippen LogP contribution >= 0.6 is 0 Å². The smallest absolute Gasteiger partial charge is 0.175 e. The zero-order valence-corrected chi connectivity index (χ0v) is 15.8. The second kappa shape index (κ2) is 7.03. The van der Waals surface area contributed by atoms with Crippen LogP contribution in [0.4, 0.5) is 0 Å².